The lowest BCUT2D eigenvalue weighted by Crippen LogP contribution is -2.01. The number of anilines is 1. The van der Waals surface area contributed by atoms with E-state index in [1.54, 1.807) is 12.1 Å². The molecule has 0 fully saturated rings. The standard InChI is InChI=1S/C15H16BrNO/c1-10-3-4-12(8-14(10)16)9-17-15-6-5-13(18)7-11(15)2/h3-8,17-18H,9H2,1-2H3. The predicted octanol–water partition coefficient (Wildman–Crippen LogP) is 4.38. The normalized spacial score (nSPS) is 10.4. The van der Waals surface area contributed by atoms with Crippen LogP contribution in [0.2, 0.25) is 0 Å². The van der Waals surface area contributed by atoms with Crippen LogP contribution in [0.1, 0.15) is 16.7 Å². The lowest BCUT2D eigenvalue weighted by atomic mass is 10.1. The molecular weight excluding hydrogens is 290 g/mol. The number of hydrogen-bond donors (Lipinski definition) is 2. The van der Waals surface area contributed by atoms with E-state index in [9.17, 15) is 5.11 Å². The fourth-order valence-electron chi connectivity index (χ4n) is 1.79. The summed E-state index contributed by atoms with van der Waals surface area (Å²) in [5, 5.41) is 12.7. The van der Waals surface area contributed by atoms with Crippen molar-refractivity contribution in [1.29, 1.82) is 0 Å². The molecule has 0 saturated carbocycles. The van der Waals surface area contributed by atoms with Gasteiger partial charge < -0.3 is 10.4 Å². The van der Waals surface area contributed by atoms with Crippen LogP contribution in [0.3, 0.4) is 0 Å². The molecule has 0 radical (unpaired) electrons. The maximum Gasteiger partial charge on any atom is 0.115 e. The number of rotatable bonds is 3. The molecule has 0 heterocycles. The second-order valence-corrected chi connectivity index (χ2v) is 5.29. The van der Waals surface area contributed by atoms with E-state index < -0.39 is 0 Å². The summed E-state index contributed by atoms with van der Waals surface area (Å²) in [4.78, 5) is 0. The first-order valence-electron chi connectivity index (χ1n) is 5.85. The maximum atomic E-state index is 9.36. The van der Waals surface area contributed by atoms with Crippen LogP contribution in [0.4, 0.5) is 5.69 Å². The van der Waals surface area contributed by atoms with Crippen LogP contribution in [0.25, 0.3) is 0 Å². The van der Waals surface area contributed by atoms with Gasteiger partial charge in [-0.3, -0.25) is 0 Å². The Hall–Kier alpha value is -1.48. The third-order valence-corrected chi connectivity index (χ3v) is 3.78. The quantitative estimate of drug-likeness (QED) is 0.825. The van der Waals surface area contributed by atoms with Gasteiger partial charge in [0.25, 0.3) is 0 Å². The Labute approximate surface area is 116 Å². The van der Waals surface area contributed by atoms with Crippen LogP contribution in [0.5, 0.6) is 5.75 Å². The molecule has 3 heteroatoms. The molecule has 2 N–H and O–H groups in total. The summed E-state index contributed by atoms with van der Waals surface area (Å²) in [6.45, 7) is 4.82. The molecule has 0 aromatic heterocycles. The Kier molecular flexibility index (Phi) is 3.92. The monoisotopic (exact) mass is 305 g/mol. The minimum Gasteiger partial charge on any atom is -0.508 e. The van der Waals surface area contributed by atoms with Crippen molar-refractivity contribution in [2.75, 3.05) is 5.32 Å². The molecule has 0 aliphatic carbocycles. The first-order valence-corrected chi connectivity index (χ1v) is 6.64. The van der Waals surface area contributed by atoms with Crippen LogP contribution >= 0.6 is 15.9 Å². The van der Waals surface area contributed by atoms with Crippen LogP contribution in [0, 0.1) is 13.8 Å². The van der Waals surface area contributed by atoms with E-state index in [-0.39, 0.29) is 0 Å². The van der Waals surface area contributed by atoms with Crippen molar-refractivity contribution in [2.45, 2.75) is 20.4 Å². The minimum absolute atomic E-state index is 0.302. The molecule has 0 unspecified atom stereocenters. The lowest BCUT2D eigenvalue weighted by Gasteiger charge is -2.10. The first-order chi connectivity index (χ1) is 8.56. The highest BCUT2D eigenvalue weighted by Crippen LogP contribution is 2.22. The fourth-order valence-corrected chi connectivity index (χ4v) is 2.22. The smallest absolute Gasteiger partial charge is 0.115 e. The molecule has 0 aliphatic heterocycles. The van der Waals surface area contributed by atoms with E-state index in [0.29, 0.717) is 5.75 Å². The van der Waals surface area contributed by atoms with E-state index in [0.717, 1.165) is 22.3 Å². The topological polar surface area (TPSA) is 32.3 Å². The molecule has 18 heavy (non-hydrogen) atoms. The summed E-state index contributed by atoms with van der Waals surface area (Å²) < 4.78 is 1.13. The summed E-state index contributed by atoms with van der Waals surface area (Å²) in [5.41, 5.74) is 4.55. The highest BCUT2D eigenvalue weighted by molar-refractivity contribution is 9.10. The zero-order valence-corrected chi connectivity index (χ0v) is 12.1. The minimum atomic E-state index is 0.302. The average Bonchev–Trinajstić information content (AvgIpc) is 2.32. The Balaban J connectivity index is 2.09. The lowest BCUT2D eigenvalue weighted by molar-refractivity contribution is 0.475. The Bertz CT molecular complexity index is 566. The molecule has 2 aromatic carbocycles. The van der Waals surface area contributed by atoms with Gasteiger partial charge in [-0.25, -0.2) is 0 Å². The summed E-state index contributed by atoms with van der Waals surface area (Å²) in [5.74, 6) is 0.302. The van der Waals surface area contributed by atoms with Gasteiger partial charge >= 0.3 is 0 Å². The Morgan fingerprint density at radius 1 is 1.06 bits per heavy atom. The first kappa shape index (κ1) is 13.0. The summed E-state index contributed by atoms with van der Waals surface area (Å²) in [6.07, 6.45) is 0. The number of benzene rings is 2. The predicted molar refractivity (Wildman–Crippen MR) is 79.0 cm³/mol. The highest BCUT2D eigenvalue weighted by atomic mass is 79.9. The molecule has 2 aromatic rings. The summed E-state index contributed by atoms with van der Waals surface area (Å²) >= 11 is 3.54. The van der Waals surface area contributed by atoms with E-state index in [1.807, 2.05) is 13.0 Å². The van der Waals surface area contributed by atoms with Crippen LogP contribution in [-0.4, -0.2) is 5.11 Å². The van der Waals surface area contributed by atoms with Crippen LogP contribution in [0.15, 0.2) is 40.9 Å². The van der Waals surface area contributed by atoms with Gasteiger partial charge in [0, 0.05) is 16.7 Å². The number of hydrogen-bond acceptors (Lipinski definition) is 2. The van der Waals surface area contributed by atoms with Gasteiger partial charge in [-0.2, -0.15) is 0 Å². The van der Waals surface area contributed by atoms with Gasteiger partial charge in [0.15, 0.2) is 0 Å². The molecule has 2 nitrogen and oxygen atoms in total. The zero-order valence-electron chi connectivity index (χ0n) is 10.5. The molecule has 2 rings (SSSR count). The summed E-state index contributed by atoms with van der Waals surface area (Å²) in [7, 11) is 0. The van der Waals surface area contributed by atoms with Crippen molar-refractivity contribution in [3.8, 4) is 5.75 Å². The van der Waals surface area contributed by atoms with E-state index in [2.05, 4.69) is 46.4 Å². The van der Waals surface area contributed by atoms with Crippen molar-refractivity contribution in [1.82, 2.24) is 0 Å². The number of phenolic OH excluding ortho intramolecular Hbond substituents is 1. The van der Waals surface area contributed by atoms with Crippen molar-refractivity contribution < 1.29 is 5.11 Å². The molecule has 0 atom stereocenters. The molecule has 0 bridgehead atoms. The van der Waals surface area contributed by atoms with Crippen molar-refractivity contribution in [3.63, 3.8) is 0 Å². The van der Waals surface area contributed by atoms with Gasteiger partial charge in [-0.1, -0.05) is 28.1 Å². The third kappa shape index (κ3) is 3.05. The molecule has 0 spiro atoms. The number of aromatic hydroxyl groups is 1. The average molecular weight is 306 g/mol. The van der Waals surface area contributed by atoms with Gasteiger partial charge in [0.1, 0.15) is 5.75 Å². The zero-order chi connectivity index (χ0) is 13.1. The molecule has 0 amide bonds. The largest absolute Gasteiger partial charge is 0.508 e. The van der Waals surface area contributed by atoms with Gasteiger partial charge in [-0.05, 0) is 54.8 Å². The van der Waals surface area contributed by atoms with Crippen molar-refractivity contribution in [3.05, 3.63) is 57.6 Å². The molecule has 94 valence electrons. The van der Waals surface area contributed by atoms with Crippen LogP contribution in [-0.2, 0) is 6.54 Å². The van der Waals surface area contributed by atoms with Gasteiger partial charge in [-0.15, -0.1) is 0 Å². The molecule has 0 saturated heterocycles. The van der Waals surface area contributed by atoms with E-state index in [4.69, 9.17) is 0 Å². The summed E-state index contributed by atoms with van der Waals surface area (Å²) in [6, 6.07) is 11.7. The number of phenols is 1. The number of halogens is 1. The van der Waals surface area contributed by atoms with E-state index in [1.165, 1.54) is 11.1 Å². The Morgan fingerprint density at radius 2 is 1.83 bits per heavy atom. The second kappa shape index (κ2) is 5.44. The van der Waals surface area contributed by atoms with Crippen LogP contribution < -0.4 is 5.32 Å². The van der Waals surface area contributed by atoms with Crippen molar-refractivity contribution >= 4 is 21.6 Å². The van der Waals surface area contributed by atoms with Crippen molar-refractivity contribution in [2.24, 2.45) is 0 Å². The third-order valence-electron chi connectivity index (χ3n) is 2.93. The SMILES string of the molecule is Cc1ccc(CNc2ccc(O)cc2C)cc1Br. The van der Waals surface area contributed by atoms with Gasteiger partial charge in [0.05, 0.1) is 0 Å². The Morgan fingerprint density at radius 3 is 2.50 bits per heavy atom. The van der Waals surface area contributed by atoms with E-state index >= 15 is 0 Å². The highest BCUT2D eigenvalue weighted by Gasteiger charge is 2.01. The second-order valence-electron chi connectivity index (χ2n) is 4.44. The molecule has 0 aliphatic rings. The number of nitrogens with one attached hydrogen (secondary N) is 1. The number of aryl methyl sites for hydroxylation is 2. The van der Waals surface area contributed by atoms with Gasteiger partial charge in [0.2, 0.25) is 0 Å². The maximum absolute atomic E-state index is 9.36. The fraction of sp³-hybridized carbons (Fsp3) is 0.200. The molecular formula is C15H16BrNO.